The molecule has 0 heterocycles. The minimum Gasteiger partial charge on any atom is -0.481 e. The number of rotatable bonds is 4. The molecule has 110 valence electrons. The summed E-state index contributed by atoms with van der Waals surface area (Å²) in [4.78, 5) is 11.7. The molecule has 20 heavy (non-hydrogen) atoms. The molecule has 2 atom stereocenters. The summed E-state index contributed by atoms with van der Waals surface area (Å²) in [6.45, 7) is -0.262. The van der Waals surface area contributed by atoms with Crippen LogP contribution >= 0.6 is 15.9 Å². The van der Waals surface area contributed by atoms with E-state index < -0.39 is 11.9 Å². The first-order chi connectivity index (χ1) is 9.56. The maximum absolute atomic E-state index is 13.5. The van der Waals surface area contributed by atoms with Gasteiger partial charge in [-0.15, -0.1) is 0 Å². The van der Waals surface area contributed by atoms with Gasteiger partial charge in [-0.25, -0.2) is 4.39 Å². The number of amides is 1. The summed E-state index contributed by atoms with van der Waals surface area (Å²) in [6.07, 6.45) is 2.93. The largest absolute Gasteiger partial charge is 0.481 e. The zero-order chi connectivity index (χ0) is 14.5. The van der Waals surface area contributed by atoms with E-state index in [1.165, 1.54) is 12.1 Å². The third-order valence-corrected chi connectivity index (χ3v) is 3.82. The average molecular weight is 346 g/mol. The fourth-order valence-electron chi connectivity index (χ4n) is 2.26. The number of ether oxygens (including phenoxy) is 1. The molecular weight excluding hydrogens is 329 g/mol. The number of nitrogens with one attached hydrogen (secondary N) is 1. The van der Waals surface area contributed by atoms with Crippen LogP contribution in [-0.4, -0.2) is 29.8 Å². The van der Waals surface area contributed by atoms with Gasteiger partial charge in [-0.2, -0.15) is 0 Å². The summed E-state index contributed by atoms with van der Waals surface area (Å²) in [5.41, 5.74) is 0. The molecule has 0 saturated heterocycles. The van der Waals surface area contributed by atoms with E-state index in [9.17, 15) is 14.3 Å². The quantitative estimate of drug-likeness (QED) is 0.880. The molecular formula is C14H17BrFNO3. The molecule has 1 aromatic carbocycles. The Hall–Kier alpha value is -1.14. The van der Waals surface area contributed by atoms with Crippen molar-refractivity contribution >= 4 is 21.8 Å². The van der Waals surface area contributed by atoms with Crippen molar-refractivity contribution < 1.29 is 19.0 Å². The van der Waals surface area contributed by atoms with Gasteiger partial charge in [0, 0.05) is 4.47 Å². The van der Waals surface area contributed by atoms with E-state index in [1.54, 1.807) is 6.07 Å². The molecule has 0 radical (unpaired) electrons. The lowest BCUT2D eigenvalue weighted by atomic mass is 9.92. The van der Waals surface area contributed by atoms with Crippen molar-refractivity contribution in [2.75, 3.05) is 6.61 Å². The van der Waals surface area contributed by atoms with Crippen molar-refractivity contribution in [1.82, 2.24) is 5.32 Å². The Morgan fingerprint density at radius 3 is 2.90 bits per heavy atom. The second kappa shape index (κ2) is 7.04. The molecule has 0 aliphatic heterocycles. The average Bonchev–Trinajstić information content (AvgIpc) is 2.40. The van der Waals surface area contributed by atoms with Gasteiger partial charge >= 0.3 is 0 Å². The topological polar surface area (TPSA) is 58.6 Å². The highest BCUT2D eigenvalue weighted by Crippen LogP contribution is 2.21. The van der Waals surface area contributed by atoms with Crippen LogP contribution in [0.25, 0.3) is 0 Å². The Kier molecular flexibility index (Phi) is 5.37. The second-order valence-corrected chi connectivity index (χ2v) is 5.80. The van der Waals surface area contributed by atoms with Gasteiger partial charge in [-0.1, -0.05) is 28.8 Å². The van der Waals surface area contributed by atoms with Crippen LogP contribution in [0.3, 0.4) is 0 Å². The van der Waals surface area contributed by atoms with E-state index in [-0.39, 0.29) is 24.3 Å². The molecule has 1 amide bonds. The Bertz CT molecular complexity index is 483. The van der Waals surface area contributed by atoms with Crippen LogP contribution in [0, 0.1) is 5.82 Å². The number of benzene rings is 1. The van der Waals surface area contributed by atoms with E-state index in [4.69, 9.17) is 4.74 Å². The van der Waals surface area contributed by atoms with E-state index in [2.05, 4.69) is 21.2 Å². The van der Waals surface area contributed by atoms with Crippen molar-refractivity contribution in [2.45, 2.75) is 37.8 Å². The summed E-state index contributed by atoms with van der Waals surface area (Å²) in [7, 11) is 0. The second-order valence-electron chi connectivity index (χ2n) is 4.89. The van der Waals surface area contributed by atoms with Gasteiger partial charge in [0.25, 0.3) is 5.91 Å². The lowest BCUT2D eigenvalue weighted by Crippen LogP contribution is -2.46. The van der Waals surface area contributed by atoms with Gasteiger partial charge in [0.05, 0.1) is 12.1 Å². The fourth-order valence-corrected chi connectivity index (χ4v) is 2.60. The molecule has 0 spiro atoms. The Morgan fingerprint density at radius 2 is 2.20 bits per heavy atom. The SMILES string of the molecule is O=C(COc1ccc(Br)cc1F)N[C@@H]1CCCC[C@H]1O. The predicted octanol–water partition coefficient (Wildman–Crippen LogP) is 2.39. The van der Waals surface area contributed by atoms with Crippen LogP contribution in [0.2, 0.25) is 0 Å². The standard InChI is InChI=1S/C14H17BrFNO3/c15-9-5-6-13(10(16)7-9)20-8-14(19)17-11-3-1-2-4-12(11)18/h5-7,11-12,18H,1-4,8H2,(H,17,19)/t11-,12-/m1/s1. The number of hydrogen-bond acceptors (Lipinski definition) is 3. The summed E-state index contributed by atoms with van der Waals surface area (Å²) in [6, 6.07) is 4.15. The van der Waals surface area contributed by atoms with Gasteiger partial charge in [-0.05, 0) is 31.0 Å². The third-order valence-electron chi connectivity index (χ3n) is 3.33. The minimum atomic E-state index is -0.523. The molecule has 1 saturated carbocycles. The first-order valence-electron chi connectivity index (χ1n) is 6.61. The van der Waals surface area contributed by atoms with Gasteiger partial charge < -0.3 is 15.2 Å². The normalized spacial score (nSPS) is 22.4. The smallest absolute Gasteiger partial charge is 0.258 e. The lowest BCUT2D eigenvalue weighted by molar-refractivity contribution is -0.125. The molecule has 1 aliphatic rings. The van der Waals surface area contributed by atoms with Crippen molar-refractivity contribution in [3.05, 3.63) is 28.5 Å². The Morgan fingerprint density at radius 1 is 1.45 bits per heavy atom. The molecule has 6 heteroatoms. The number of aliphatic hydroxyl groups is 1. The number of halogens is 2. The first-order valence-corrected chi connectivity index (χ1v) is 7.41. The van der Waals surface area contributed by atoms with Crippen molar-refractivity contribution in [3.63, 3.8) is 0 Å². The molecule has 4 nitrogen and oxygen atoms in total. The summed E-state index contributed by atoms with van der Waals surface area (Å²) >= 11 is 3.15. The molecule has 1 aromatic rings. The van der Waals surface area contributed by atoms with Crippen molar-refractivity contribution in [2.24, 2.45) is 0 Å². The number of hydrogen-bond donors (Lipinski definition) is 2. The molecule has 1 fully saturated rings. The highest BCUT2D eigenvalue weighted by Gasteiger charge is 2.24. The zero-order valence-corrected chi connectivity index (χ0v) is 12.5. The molecule has 0 unspecified atom stereocenters. The van der Waals surface area contributed by atoms with E-state index in [1.807, 2.05) is 0 Å². The maximum Gasteiger partial charge on any atom is 0.258 e. The monoisotopic (exact) mass is 345 g/mol. The predicted molar refractivity (Wildman–Crippen MR) is 76.0 cm³/mol. The first kappa shape index (κ1) is 15.3. The minimum absolute atomic E-state index is 0.0348. The maximum atomic E-state index is 13.5. The zero-order valence-electron chi connectivity index (χ0n) is 10.9. The Labute approximate surface area is 125 Å². The molecule has 1 aliphatic carbocycles. The van der Waals surface area contributed by atoms with Crippen molar-refractivity contribution in [3.8, 4) is 5.75 Å². The summed E-state index contributed by atoms with van der Waals surface area (Å²) in [5.74, 6) is -0.837. The Balaban J connectivity index is 1.82. The fraction of sp³-hybridized carbons (Fsp3) is 0.500. The molecule has 0 bridgehead atoms. The lowest BCUT2D eigenvalue weighted by Gasteiger charge is -2.28. The van der Waals surface area contributed by atoms with Crippen molar-refractivity contribution in [1.29, 1.82) is 0 Å². The molecule has 2 N–H and O–H groups in total. The van der Waals surface area contributed by atoms with E-state index >= 15 is 0 Å². The third kappa shape index (κ3) is 4.18. The van der Waals surface area contributed by atoms with Crippen LogP contribution in [0.1, 0.15) is 25.7 Å². The van der Waals surface area contributed by atoms with Crippen LogP contribution in [0.4, 0.5) is 4.39 Å². The van der Waals surface area contributed by atoms with Crippen LogP contribution in [0.15, 0.2) is 22.7 Å². The summed E-state index contributed by atoms with van der Waals surface area (Å²) < 4.78 is 19.2. The van der Waals surface area contributed by atoms with Crippen LogP contribution in [0.5, 0.6) is 5.75 Å². The van der Waals surface area contributed by atoms with Crippen LogP contribution < -0.4 is 10.1 Å². The van der Waals surface area contributed by atoms with Gasteiger partial charge in [0.1, 0.15) is 0 Å². The van der Waals surface area contributed by atoms with Gasteiger partial charge in [-0.3, -0.25) is 4.79 Å². The number of carbonyl (C=O) groups excluding carboxylic acids is 1. The molecule has 2 rings (SSSR count). The molecule has 0 aromatic heterocycles. The summed E-state index contributed by atoms with van der Waals surface area (Å²) in [5, 5.41) is 12.5. The van der Waals surface area contributed by atoms with Crippen LogP contribution in [-0.2, 0) is 4.79 Å². The van der Waals surface area contributed by atoms with E-state index in [0.29, 0.717) is 10.9 Å². The van der Waals surface area contributed by atoms with E-state index in [0.717, 1.165) is 19.3 Å². The number of aliphatic hydroxyl groups excluding tert-OH is 1. The number of carbonyl (C=O) groups is 1. The highest BCUT2D eigenvalue weighted by molar-refractivity contribution is 9.10. The highest BCUT2D eigenvalue weighted by atomic mass is 79.9. The van der Waals surface area contributed by atoms with Gasteiger partial charge in [0.2, 0.25) is 0 Å². The van der Waals surface area contributed by atoms with Gasteiger partial charge in [0.15, 0.2) is 18.2 Å².